The number of imidazole rings is 1. The maximum absolute atomic E-state index is 12.8. The van der Waals surface area contributed by atoms with Crippen LogP contribution >= 0.6 is 0 Å². The number of piperidine rings is 2. The van der Waals surface area contributed by atoms with Crippen LogP contribution in [0.2, 0.25) is 0 Å². The van der Waals surface area contributed by atoms with Gasteiger partial charge in [-0.15, -0.1) is 0 Å². The minimum atomic E-state index is -0.639. The fraction of sp³-hybridized carbons (Fsp3) is 0.609. The van der Waals surface area contributed by atoms with E-state index in [1.54, 1.807) is 11.6 Å². The van der Waals surface area contributed by atoms with Crippen molar-refractivity contribution in [3.63, 3.8) is 0 Å². The number of aromatic nitrogens is 2. The first kappa shape index (κ1) is 21.8. The van der Waals surface area contributed by atoms with Crippen molar-refractivity contribution >= 4 is 22.8 Å². The van der Waals surface area contributed by atoms with Crippen LogP contribution in [0.1, 0.15) is 56.6 Å². The Morgan fingerprint density at radius 3 is 2.61 bits per heavy atom. The van der Waals surface area contributed by atoms with E-state index in [2.05, 4.69) is 10.6 Å². The Labute approximate surface area is 181 Å². The summed E-state index contributed by atoms with van der Waals surface area (Å²) in [6.07, 6.45) is 7.43. The summed E-state index contributed by atoms with van der Waals surface area (Å²) in [5.41, 5.74) is 2.52. The van der Waals surface area contributed by atoms with Gasteiger partial charge in [0, 0.05) is 20.1 Å². The van der Waals surface area contributed by atoms with E-state index in [1.165, 1.54) is 10.1 Å². The smallest absolute Gasteiger partial charge is 0.329 e. The van der Waals surface area contributed by atoms with Crippen LogP contribution in [0.15, 0.2) is 23.0 Å². The van der Waals surface area contributed by atoms with E-state index < -0.39 is 11.9 Å². The third kappa shape index (κ3) is 4.91. The third-order valence-corrected chi connectivity index (χ3v) is 6.43. The molecule has 1 unspecified atom stereocenters. The lowest BCUT2D eigenvalue weighted by molar-refractivity contribution is -0.135. The quantitative estimate of drug-likeness (QED) is 0.494. The van der Waals surface area contributed by atoms with Crippen molar-refractivity contribution in [3.8, 4) is 0 Å². The van der Waals surface area contributed by atoms with Crippen molar-refractivity contribution in [1.82, 2.24) is 19.8 Å². The summed E-state index contributed by atoms with van der Waals surface area (Å²) in [7, 11) is 1.73. The van der Waals surface area contributed by atoms with Crippen LogP contribution in [0.25, 0.3) is 11.0 Å². The molecule has 168 valence electrons. The van der Waals surface area contributed by atoms with Gasteiger partial charge in [0.2, 0.25) is 11.8 Å². The number of benzene rings is 1. The molecule has 1 aromatic heterocycles. The number of nitrogens with one attached hydrogen (secondary N) is 2. The molecule has 31 heavy (non-hydrogen) atoms. The lowest BCUT2D eigenvalue weighted by Gasteiger charge is -2.22. The highest BCUT2D eigenvalue weighted by atomic mass is 16.5. The SMILES string of the molecule is Cn1c(=O)n(C2CCC(=O)NC2=O)c2ccc(CCCCCOC3CCNCC3)cc21. The van der Waals surface area contributed by atoms with E-state index in [0.717, 1.165) is 69.3 Å². The Hall–Kier alpha value is -2.45. The monoisotopic (exact) mass is 428 g/mol. The fourth-order valence-corrected chi connectivity index (χ4v) is 4.61. The first-order valence-electron chi connectivity index (χ1n) is 11.4. The lowest BCUT2D eigenvalue weighted by atomic mass is 10.0. The number of amides is 2. The number of carbonyl (C=O) groups excluding carboxylic acids is 2. The molecule has 2 aliphatic heterocycles. The molecule has 2 N–H and O–H groups in total. The van der Waals surface area contributed by atoms with Gasteiger partial charge in [0.15, 0.2) is 0 Å². The van der Waals surface area contributed by atoms with Crippen LogP contribution in [0.5, 0.6) is 0 Å². The van der Waals surface area contributed by atoms with Gasteiger partial charge >= 0.3 is 5.69 Å². The molecule has 2 aromatic rings. The van der Waals surface area contributed by atoms with Crippen LogP contribution in [-0.2, 0) is 27.8 Å². The standard InChI is InChI=1S/C23H32N4O4/c1-26-20-15-16(5-3-2-4-14-31-17-10-12-24-13-11-17)6-7-18(20)27(23(26)30)19-8-9-21(28)25-22(19)29/h6-7,15,17,19,24H,2-5,8-14H2,1H3,(H,25,28,29). The fourth-order valence-electron chi connectivity index (χ4n) is 4.61. The largest absolute Gasteiger partial charge is 0.378 e. The highest BCUT2D eigenvalue weighted by Crippen LogP contribution is 2.24. The van der Waals surface area contributed by atoms with Gasteiger partial charge < -0.3 is 10.1 Å². The highest BCUT2D eigenvalue weighted by molar-refractivity contribution is 6.00. The Balaban J connectivity index is 1.35. The molecule has 0 aliphatic carbocycles. The van der Waals surface area contributed by atoms with Gasteiger partial charge in [-0.05, 0) is 69.3 Å². The molecule has 2 aliphatic rings. The number of nitrogens with zero attached hydrogens (tertiary/aromatic N) is 2. The normalized spacial score (nSPS) is 20.4. The number of imide groups is 1. The van der Waals surface area contributed by atoms with Gasteiger partial charge in [-0.2, -0.15) is 0 Å². The van der Waals surface area contributed by atoms with Crippen LogP contribution < -0.4 is 16.3 Å². The summed E-state index contributed by atoms with van der Waals surface area (Å²) >= 11 is 0. The van der Waals surface area contributed by atoms with Crippen molar-refractivity contribution < 1.29 is 14.3 Å². The number of hydrogen-bond donors (Lipinski definition) is 2. The van der Waals surface area contributed by atoms with Crippen molar-refractivity contribution in [2.45, 2.75) is 63.5 Å². The Morgan fingerprint density at radius 1 is 1.03 bits per heavy atom. The molecule has 0 spiro atoms. The van der Waals surface area contributed by atoms with Crippen LogP contribution in [0.3, 0.4) is 0 Å². The molecule has 1 aromatic carbocycles. The van der Waals surface area contributed by atoms with Gasteiger partial charge in [0.25, 0.3) is 0 Å². The molecule has 0 saturated carbocycles. The zero-order valence-electron chi connectivity index (χ0n) is 18.2. The number of fused-ring (bicyclic) bond motifs is 1. The number of hydrogen-bond acceptors (Lipinski definition) is 5. The number of aryl methyl sites for hydroxylation is 2. The van der Waals surface area contributed by atoms with Gasteiger partial charge in [0.1, 0.15) is 6.04 Å². The molecule has 2 saturated heterocycles. The average molecular weight is 429 g/mol. The average Bonchev–Trinajstić information content (AvgIpc) is 3.01. The molecular formula is C23H32N4O4. The molecule has 4 rings (SSSR count). The molecule has 0 bridgehead atoms. The zero-order valence-corrected chi connectivity index (χ0v) is 18.2. The first-order chi connectivity index (χ1) is 15.0. The van der Waals surface area contributed by atoms with E-state index in [0.29, 0.717) is 12.5 Å². The van der Waals surface area contributed by atoms with Crippen LogP contribution in [0.4, 0.5) is 0 Å². The van der Waals surface area contributed by atoms with Gasteiger partial charge in [-0.25, -0.2) is 4.79 Å². The van der Waals surface area contributed by atoms with Crippen molar-refractivity contribution in [2.24, 2.45) is 7.05 Å². The van der Waals surface area contributed by atoms with Gasteiger partial charge in [-0.3, -0.25) is 24.0 Å². The summed E-state index contributed by atoms with van der Waals surface area (Å²) in [5, 5.41) is 5.70. The summed E-state index contributed by atoms with van der Waals surface area (Å²) in [6.45, 7) is 2.94. The lowest BCUT2D eigenvalue weighted by Crippen LogP contribution is -2.44. The Bertz CT molecular complexity index is 1000. The number of rotatable bonds is 8. The maximum Gasteiger partial charge on any atom is 0.329 e. The van der Waals surface area contributed by atoms with E-state index >= 15 is 0 Å². The van der Waals surface area contributed by atoms with Crippen LogP contribution in [0, 0.1) is 0 Å². The zero-order chi connectivity index (χ0) is 21.8. The molecule has 2 amide bonds. The topological polar surface area (TPSA) is 94.4 Å². The molecule has 8 nitrogen and oxygen atoms in total. The number of unbranched alkanes of at least 4 members (excludes halogenated alkanes) is 2. The summed E-state index contributed by atoms with van der Waals surface area (Å²) < 4.78 is 9.08. The minimum Gasteiger partial charge on any atom is -0.378 e. The Kier molecular flexibility index (Phi) is 6.87. The summed E-state index contributed by atoms with van der Waals surface area (Å²) in [6, 6.07) is 5.37. The van der Waals surface area contributed by atoms with Crippen molar-refractivity contribution in [1.29, 1.82) is 0 Å². The van der Waals surface area contributed by atoms with E-state index in [9.17, 15) is 14.4 Å². The molecule has 2 fully saturated rings. The van der Waals surface area contributed by atoms with Gasteiger partial charge in [0.05, 0.1) is 17.1 Å². The number of ether oxygens (including phenoxy) is 1. The minimum absolute atomic E-state index is 0.225. The van der Waals surface area contributed by atoms with Gasteiger partial charge in [-0.1, -0.05) is 12.5 Å². The summed E-state index contributed by atoms with van der Waals surface area (Å²) in [4.78, 5) is 36.6. The summed E-state index contributed by atoms with van der Waals surface area (Å²) in [5.74, 6) is -0.681. The second kappa shape index (κ2) is 9.78. The highest BCUT2D eigenvalue weighted by Gasteiger charge is 2.31. The van der Waals surface area contributed by atoms with E-state index in [1.807, 2.05) is 18.2 Å². The Morgan fingerprint density at radius 2 is 1.84 bits per heavy atom. The predicted molar refractivity (Wildman–Crippen MR) is 118 cm³/mol. The number of carbonyl (C=O) groups is 2. The van der Waals surface area contributed by atoms with E-state index in [-0.39, 0.29) is 18.0 Å². The van der Waals surface area contributed by atoms with Crippen molar-refractivity contribution in [2.75, 3.05) is 19.7 Å². The predicted octanol–water partition coefficient (Wildman–Crippen LogP) is 1.80. The first-order valence-corrected chi connectivity index (χ1v) is 11.4. The molecule has 3 heterocycles. The second-order valence-corrected chi connectivity index (χ2v) is 8.63. The molecule has 0 radical (unpaired) electrons. The molecular weight excluding hydrogens is 396 g/mol. The maximum atomic E-state index is 12.8. The van der Waals surface area contributed by atoms with E-state index in [4.69, 9.17) is 4.74 Å². The van der Waals surface area contributed by atoms with Crippen molar-refractivity contribution in [3.05, 3.63) is 34.2 Å². The third-order valence-electron chi connectivity index (χ3n) is 6.43. The molecule has 1 atom stereocenters. The van der Waals surface area contributed by atoms with Crippen LogP contribution in [-0.4, -0.2) is 46.7 Å². The molecule has 8 heteroatoms. The second-order valence-electron chi connectivity index (χ2n) is 8.63.